The van der Waals surface area contributed by atoms with Crippen molar-refractivity contribution < 1.29 is 18.6 Å². The van der Waals surface area contributed by atoms with Crippen molar-refractivity contribution >= 4 is 25.2 Å². The molecule has 0 aliphatic carbocycles. The first kappa shape index (κ1) is 28.8. The van der Waals surface area contributed by atoms with Crippen LogP contribution in [-0.2, 0) is 18.6 Å². The van der Waals surface area contributed by atoms with Gasteiger partial charge >= 0.3 is 14.2 Å². The molecule has 2 aliphatic heterocycles. The molecule has 42 heavy (non-hydrogen) atoms. The molecule has 2 saturated heterocycles. The second-order valence-corrected chi connectivity index (χ2v) is 13.2. The maximum Gasteiger partial charge on any atom is 0.494 e. The van der Waals surface area contributed by atoms with Gasteiger partial charge in [0, 0.05) is 16.7 Å². The zero-order valence-corrected chi connectivity index (χ0v) is 25.8. The van der Waals surface area contributed by atoms with Crippen molar-refractivity contribution in [3.8, 4) is 33.9 Å². The molecule has 0 radical (unpaired) electrons. The summed E-state index contributed by atoms with van der Waals surface area (Å²) in [6.07, 6.45) is 0. The van der Waals surface area contributed by atoms with Crippen molar-refractivity contribution in [2.75, 3.05) is 0 Å². The van der Waals surface area contributed by atoms with E-state index in [1.54, 1.807) is 0 Å². The maximum absolute atomic E-state index is 6.25. The van der Waals surface area contributed by atoms with Crippen molar-refractivity contribution in [2.45, 2.75) is 77.8 Å². The molecule has 0 amide bonds. The van der Waals surface area contributed by atoms with Crippen molar-refractivity contribution in [1.82, 2.24) is 9.97 Å². The van der Waals surface area contributed by atoms with Gasteiger partial charge in [0.15, 0.2) is 5.82 Å². The lowest BCUT2D eigenvalue weighted by Gasteiger charge is -2.32. The van der Waals surface area contributed by atoms with Crippen LogP contribution in [0.25, 0.3) is 33.9 Å². The van der Waals surface area contributed by atoms with Gasteiger partial charge in [-0.15, -0.1) is 0 Å². The van der Waals surface area contributed by atoms with Crippen molar-refractivity contribution in [1.29, 1.82) is 0 Å². The van der Waals surface area contributed by atoms with E-state index >= 15 is 0 Å². The normalized spacial score (nSPS) is 20.2. The fraction of sp³-hybridized carbons (Fsp3) is 0.353. The lowest BCUT2D eigenvalue weighted by atomic mass is 9.78. The lowest BCUT2D eigenvalue weighted by Crippen LogP contribution is -2.41. The Balaban J connectivity index is 1.32. The summed E-state index contributed by atoms with van der Waals surface area (Å²) >= 11 is 0. The van der Waals surface area contributed by atoms with Gasteiger partial charge in [-0.25, -0.2) is 9.97 Å². The quantitative estimate of drug-likeness (QED) is 0.276. The number of aromatic nitrogens is 2. The fourth-order valence-electron chi connectivity index (χ4n) is 5.04. The molecule has 3 heterocycles. The highest BCUT2D eigenvalue weighted by Gasteiger charge is 2.52. The molecule has 0 bridgehead atoms. The highest BCUT2D eigenvalue weighted by Crippen LogP contribution is 2.38. The van der Waals surface area contributed by atoms with Crippen molar-refractivity contribution in [3.05, 3.63) is 84.9 Å². The van der Waals surface area contributed by atoms with Gasteiger partial charge in [0.1, 0.15) is 0 Å². The molecule has 0 atom stereocenters. The zero-order chi connectivity index (χ0) is 29.9. The summed E-state index contributed by atoms with van der Waals surface area (Å²) in [5.74, 6) is 0.654. The molecule has 0 N–H and O–H groups in total. The van der Waals surface area contributed by atoms with Crippen LogP contribution < -0.4 is 10.9 Å². The summed E-state index contributed by atoms with van der Waals surface area (Å²) in [6, 6.07) is 28.6. The number of nitrogens with zero attached hydrogens (tertiary/aromatic N) is 2. The smallest absolute Gasteiger partial charge is 0.399 e. The molecule has 3 aromatic carbocycles. The molecule has 2 fully saturated rings. The van der Waals surface area contributed by atoms with Gasteiger partial charge < -0.3 is 18.6 Å². The molecular weight excluding hydrogens is 522 g/mol. The molecule has 1 aromatic heterocycles. The molecule has 0 unspecified atom stereocenters. The molecule has 6 rings (SSSR count). The fourth-order valence-corrected chi connectivity index (χ4v) is 5.04. The highest BCUT2D eigenvalue weighted by molar-refractivity contribution is 6.62. The Bertz CT molecular complexity index is 1460. The average molecular weight is 560 g/mol. The first-order valence-electron chi connectivity index (χ1n) is 14.6. The summed E-state index contributed by atoms with van der Waals surface area (Å²) in [5.41, 5.74) is 5.03. The summed E-state index contributed by atoms with van der Waals surface area (Å²) in [6.45, 7) is 16.5. The van der Waals surface area contributed by atoms with E-state index in [0.717, 1.165) is 39.0 Å². The predicted octanol–water partition coefficient (Wildman–Crippen LogP) is 6.08. The van der Waals surface area contributed by atoms with Crippen molar-refractivity contribution in [3.63, 3.8) is 0 Å². The van der Waals surface area contributed by atoms with E-state index in [-0.39, 0.29) is 11.2 Å². The second kappa shape index (κ2) is 10.2. The minimum Gasteiger partial charge on any atom is -0.399 e. The number of benzene rings is 3. The Morgan fingerprint density at radius 1 is 0.452 bits per heavy atom. The summed E-state index contributed by atoms with van der Waals surface area (Å²) < 4.78 is 25.0. The van der Waals surface area contributed by atoms with Gasteiger partial charge in [-0.3, -0.25) is 0 Å². The van der Waals surface area contributed by atoms with Crippen LogP contribution in [0.5, 0.6) is 0 Å². The Morgan fingerprint density at radius 2 is 0.810 bits per heavy atom. The van der Waals surface area contributed by atoms with Crippen LogP contribution in [0.15, 0.2) is 84.9 Å². The van der Waals surface area contributed by atoms with Gasteiger partial charge in [0.25, 0.3) is 0 Å². The minimum atomic E-state index is -0.418. The van der Waals surface area contributed by atoms with E-state index in [1.165, 1.54) is 0 Å². The number of hydrogen-bond acceptors (Lipinski definition) is 6. The second-order valence-electron chi connectivity index (χ2n) is 13.2. The monoisotopic (exact) mass is 560 g/mol. The standard InChI is InChI=1S/C34H38B2N2O4/c1-31(2)32(3,4)40-35(39-31)26-18-14-24(15-19-26)29-22-28(23-12-10-9-11-13-23)37-30(38-29)25-16-20-27(21-17-25)36-41-33(5,6)34(7,8)42-36/h9-22H,1-8H3. The first-order chi connectivity index (χ1) is 19.7. The van der Waals surface area contributed by atoms with Crippen LogP contribution in [0.4, 0.5) is 0 Å². The van der Waals surface area contributed by atoms with Crippen LogP contribution in [0.3, 0.4) is 0 Å². The largest absolute Gasteiger partial charge is 0.494 e. The molecule has 214 valence electrons. The average Bonchev–Trinajstić information content (AvgIpc) is 3.32. The summed E-state index contributed by atoms with van der Waals surface area (Å²) in [5, 5.41) is 0. The van der Waals surface area contributed by atoms with Crippen LogP contribution in [0.2, 0.25) is 0 Å². The Kier molecular flexibility index (Phi) is 6.97. The van der Waals surface area contributed by atoms with Crippen LogP contribution in [0.1, 0.15) is 55.4 Å². The topological polar surface area (TPSA) is 62.7 Å². The summed E-state index contributed by atoms with van der Waals surface area (Å²) in [4.78, 5) is 9.98. The van der Waals surface area contributed by atoms with Gasteiger partial charge in [0.2, 0.25) is 0 Å². The third kappa shape index (κ3) is 5.22. The molecule has 6 nitrogen and oxygen atoms in total. The van der Waals surface area contributed by atoms with Crippen LogP contribution in [0, 0.1) is 0 Å². The third-order valence-corrected chi connectivity index (χ3v) is 9.22. The molecular formula is C34H38B2N2O4. The van der Waals surface area contributed by atoms with E-state index in [1.807, 2.05) is 48.5 Å². The van der Waals surface area contributed by atoms with E-state index in [9.17, 15) is 0 Å². The van der Waals surface area contributed by atoms with E-state index < -0.39 is 25.4 Å². The Morgan fingerprint density at radius 3 is 1.21 bits per heavy atom. The third-order valence-electron chi connectivity index (χ3n) is 9.22. The van der Waals surface area contributed by atoms with Crippen LogP contribution in [-0.4, -0.2) is 46.6 Å². The lowest BCUT2D eigenvalue weighted by molar-refractivity contribution is 0.00578. The van der Waals surface area contributed by atoms with E-state index in [4.69, 9.17) is 28.6 Å². The SMILES string of the molecule is CC1(C)OB(c2ccc(-c3cc(-c4ccccc4)nc(-c4ccc(B5OC(C)(C)C(C)(C)O5)cc4)n3)cc2)OC1(C)C. The minimum absolute atomic E-state index is 0.388. The molecule has 2 aliphatic rings. The van der Waals surface area contributed by atoms with Gasteiger partial charge in [-0.1, -0.05) is 78.9 Å². The van der Waals surface area contributed by atoms with Crippen molar-refractivity contribution in [2.24, 2.45) is 0 Å². The van der Waals surface area contributed by atoms with Crippen LogP contribution >= 0.6 is 0 Å². The van der Waals surface area contributed by atoms with Gasteiger partial charge in [-0.2, -0.15) is 0 Å². The molecule has 0 spiro atoms. The first-order valence-corrected chi connectivity index (χ1v) is 14.6. The highest BCUT2D eigenvalue weighted by atomic mass is 16.7. The molecule has 4 aromatic rings. The molecule has 8 heteroatoms. The Labute approximate surface area is 250 Å². The zero-order valence-electron chi connectivity index (χ0n) is 25.8. The maximum atomic E-state index is 6.25. The molecule has 0 saturated carbocycles. The van der Waals surface area contributed by atoms with Gasteiger partial charge in [0.05, 0.1) is 33.8 Å². The van der Waals surface area contributed by atoms with E-state index in [2.05, 4.69) is 91.8 Å². The van der Waals surface area contributed by atoms with E-state index in [0.29, 0.717) is 5.82 Å². The summed E-state index contributed by atoms with van der Waals surface area (Å²) in [7, 11) is -0.828. The predicted molar refractivity (Wildman–Crippen MR) is 170 cm³/mol. The van der Waals surface area contributed by atoms with Gasteiger partial charge in [-0.05, 0) is 72.4 Å². The Hall–Kier alpha value is -3.29. The number of rotatable bonds is 5. The number of hydrogen-bond donors (Lipinski definition) is 0.